The molecule has 146 valence electrons. The second-order valence-corrected chi connectivity index (χ2v) is 6.47. The summed E-state index contributed by atoms with van der Waals surface area (Å²) in [6.07, 6.45) is 1.69. The van der Waals surface area contributed by atoms with Gasteiger partial charge >= 0.3 is 5.97 Å². The molecule has 0 aliphatic carbocycles. The van der Waals surface area contributed by atoms with Crippen molar-refractivity contribution in [2.24, 2.45) is 0 Å². The number of aromatic carboxylic acids is 1. The maximum atomic E-state index is 11.4. The van der Waals surface area contributed by atoms with E-state index in [0.717, 1.165) is 16.5 Å². The molecule has 0 spiro atoms. The first kappa shape index (κ1) is 18.6. The van der Waals surface area contributed by atoms with Crippen molar-refractivity contribution in [3.8, 4) is 0 Å². The highest BCUT2D eigenvalue weighted by Gasteiger charge is 2.17. The molecule has 0 amide bonds. The van der Waals surface area contributed by atoms with Crippen LogP contribution in [0.1, 0.15) is 10.4 Å². The minimum absolute atomic E-state index is 0.0356. The third kappa shape index (κ3) is 3.53. The molecular weight excluding hydrogens is 370 g/mol. The first-order valence-corrected chi connectivity index (χ1v) is 9.06. The van der Waals surface area contributed by atoms with Gasteiger partial charge in [-0.15, -0.1) is 0 Å². The number of carboxylic acid groups (broad SMARTS) is 1. The number of benzene rings is 2. The largest absolute Gasteiger partial charge is 0.478 e. The van der Waals surface area contributed by atoms with Crippen LogP contribution >= 0.6 is 0 Å². The zero-order chi connectivity index (χ0) is 20.4. The van der Waals surface area contributed by atoms with Gasteiger partial charge in [0.15, 0.2) is 5.82 Å². The first-order chi connectivity index (χ1) is 14.1. The Morgan fingerprint density at radius 3 is 2.62 bits per heavy atom. The number of aromatic nitrogens is 3. The van der Waals surface area contributed by atoms with E-state index in [4.69, 9.17) is 10.1 Å². The summed E-state index contributed by atoms with van der Waals surface area (Å²) in [7, 11) is 1.88. The highest BCUT2D eigenvalue weighted by Crippen LogP contribution is 2.33. The van der Waals surface area contributed by atoms with Gasteiger partial charge in [0.2, 0.25) is 5.95 Å². The maximum Gasteiger partial charge on any atom is 0.335 e. The van der Waals surface area contributed by atoms with E-state index in [1.807, 2.05) is 42.3 Å². The predicted molar refractivity (Wildman–Crippen MR) is 112 cm³/mol. The molecule has 4 rings (SSSR count). The van der Waals surface area contributed by atoms with Crippen LogP contribution in [0.15, 0.2) is 54.7 Å². The Bertz CT molecular complexity index is 1200. The van der Waals surface area contributed by atoms with Gasteiger partial charge in [-0.3, -0.25) is 0 Å². The zero-order valence-corrected chi connectivity index (χ0v) is 15.7. The molecule has 0 bridgehead atoms. The molecule has 4 aromatic rings. The van der Waals surface area contributed by atoms with Crippen molar-refractivity contribution in [2.75, 3.05) is 30.4 Å². The summed E-state index contributed by atoms with van der Waals surface area (Å²) in [5, 5.41) is 22.9. The van der Waals surface area contributed by atoms with Crippen LogP contribution in [-0.2, 0) is 0 Å². The number of rotatable bonds is 6. The van der Waals surface area contributed by atoms with E-state index in [2.05, 4.69) is 15.3 Å². The van der Waals surface area contributed by atoms with Crippen LogP contribution in [0.2, 0.25) is 0 Å². The van der Waals surface area contributed by atoms with Gasteiger partial charge in [0.05, 0.1) is 17.7 Å². The van der Waals surface area contributed by atoms with Gasteiger partial charge in [-0.05, 0) is 24.3 Å². The lowest BCUT2D eigenvalue weighted by Gasteiger charge is -2.21. The molecule has 0 aliphatic rings. The number of aliphatic hydroxyl groups excluding tert-OH is 1. The van der Waals surface area contributed by atoms with E-state index < -0.39 is 5.97 Å². The van der Waals surface area contributed by atoms with Crippen molar-refractivity contribution >= 4 is 45.2 Å². The van der Waals surface area contributed by atoms with Crippen LogP contribution < -0.4 is 10.2 Å². The molecule has 3 N–H and O–H groups in total. The van der Waals surface area contributed by atoms with E-state index in [-0.39, 0.29) is 12.2 Å². The topological polar surface area (TPSA) is 111 Å². The van der Waals surface area contributed by atoms with Gasteiger partial charge in [0, 0.05) is 36.2 Å². The maximum absolute atomic E-state index is 11.4. The lowest BCUT2D eigenvalue weighted by molar-refractivity contribution is 0.0697. The quantitative estimate of drug-likeness (QED) is 0.432. The van der Waals surface area contributed by atoms with Gasteiger partial charge in [-0.25, -0.2) is 19.7 Å². The molecule has 0 aliphatic heterocycles. The lowest BCUT2D eigenvalue weighted by atomic mass is 10.1. The fourth-order valence-corrected chi connectivity index (χ4v) is 3.16. The molecule has 29 heavy (non-hydrogen) atoms. The van der Waals surface area contributed by atoms with Crippen LogP contribution in [0.25, 0.3) is 21.8 Å². The summed E-state index contributed by atoms with van der Waals surface area (Å²) < 4.78 is 0. The lowest BCUT2D eigenvalue weighted by Crippen LogP contribution is -2.14. The summed E-state index contributed by atoms with van der Waals surface area (Å²) >= 11 is 0. The molecule has 8 heteroatoms. The van der Waals surface area contributed by atoms with Gasteiger partial charge in [-0.2, -0.15) is 0 Å². The van der Waals surface area contributed by atoms with Crippen LogP contribution in [-0.4, -0.2) is 51.3 Å². The predicted octanol–water partition coefficient (Wildman–Crippen LogP) is 3.05. The number of anilines is 3. The molecule has 8 nitrogen and oxygen atoms in total. The third-order valence-electron chi connectivity index (χ3n) is 4.62. The molecule has 0 unspecified atom stereocenters. The smallest absolute Gasteiger partial charge is 0.335 e. The Hall–Kier alpha value is -3.78. The minimum Gasteiger partial charge on any atom is -0.478 e. The van der Waals surface area contributed by atoms with E-state index in [1.165, 1.54) is 0 Å². The van der Waals surface area contributed by atoms with E-state index >= 15 is 0 Å². The van der Waals surface area contributed by atoms with Gasteiger partial charge in [0.1, 0.15) is 5.52 Å². The number of para-hydroxylation sites is 1. The number of hydrogen-bond acceptors (Lipinski definition) is 7. The summed E-state index contributed by atoms with van der Waals surface area (Å²) in [6, 6.07) is 14.5. The monoisotopic (exact) mass is 389 g/mol. The Balaban J connectivity index is 1.98. The summed E-state index contributed by atoms with van der Waals surface area (Å²) in [6.45, 7) is 0.296. The van der Waals surface area contributed by atoms with Gasteiger partial charge in [0.25, 0.3) is 0 Å². The Morgan fingerprint density at radius 1 is 1.10 bits per heavy atom. The Morgan fingerprint density at radius 2 is 1.90 bits per heavy atom. The summed E-state index contributed by atoms with van der Waals surface area (Å²) in [5.41, 5.74) is 2.26. The number of nitrogens with one attached hydrogen (secondary N) is 1. The fraction of sp³-hybridized carbons (Fsp3) is 0.143. The molecule has 2 heterocycles. The Labute approximate surface area is 166 Å². The van der Waals surface area contributed by atoms with Crippen molar-refractivity contribution in [3.05, 3.63) is 60.3 Å². The number of aliphatic hydroxyl groups is 1. The molecule has 0 atom stereocenters. The second kappa shape index (κ2) is 7.69. The van der Waals surface area contributed by atoms with Crippen LogP contribution in [0.5, 0.6) is 0 Å². The summed E-state index contributed by atoms with van der Waals surface area (Å²) in [4.78, 5) is 27.0. The average Bonchev–Trinajstić information content (AvgIpc) is 2.76. The van der Waals surface area contributed by atoms with E-state index in [1.54, 1.807) is 24.4 Å². The van der Waals surface area contributed by atoms with Crippen molar-refractivity contribution in [3.63, 3.8) is 0 Å². The second-order valence-electron chi connectivity index (χ2n) is 6.47. The molecule has 2 aromatic carbocycles. The average molecular weight is 389 g/mol. The number of carboxylic acids is 1. The third-order valence-corrected chi connectivity index (χ3v) is 4.62. The SMILES string of the molecule is CN(c1ccccc1)c1nc2cc(C(=O)O)ccc2c2cnc(NCCO)nc12. The number of hydrogen-bond donors (Lipinski definition) is 3. The van der Waals surface area contributed by atoms with Crippen LogP contribution in [0.4, 0.5) is 17.5 Å². The van der Waals surface area contributed by atoms with Crippen molar-refractivity contribution in [2.45, 2.75) is 0 Å². The molecule has 0 saturated heterocycles. The first-order valence-electron chi connectivity index (χ1n) is 9.06. The standard InChI is InChI=1S/C21H19N5O3/c1-26(14-5-3-2-4-6-14)19-18-16(12-23-21(25-18)22-9-10-27)15-8-7-13(20(28)29)11-17(15)24-19/h2-8,11-12,27H,9-10H2,1H3,(H,28,29)(H,22,23,25). The van der Waals surface area contributed by atoms with Crippen molar-refractivity contribution in [1.82, 2.24) is 15.0 Å². The Kier molecular flexibility index (Phi) is 4.92. The highest BCUT2D eigenvalue weighted by molar-refractivity contribution is 6.10. The zero-order valence-electron chi connectivity index (χ0n) is 15.7. The number of pyridine rings is 1. The van der Waals surface area contributed by atoms with E-state index in [9.17, 15) is 9.90 Å². The van der Waals surface area contributed by atoms with Gasteiger partial charge < -0.3 is 20.4 Å². The number of fused-ring (bicyclic) bond motifs is 3. The van der Waals surface area contributed by atoms with Crippen LogP contribution in [0, 0.1) is 0 Å². The summed E-state index contributed by atoms with van der Waals surface area (Å²) in [5.74, 6) is -0.0418. The molecular formula is C21H19N5O3. The fourth-order valence-electron chi connectivity index (χ4n) is 3.16. The normalized spacial score (nSPS) is 11.0. The minimum atomic E-state index is -1.01. The van der Waals surface area contributed by atoms with Crippen molar-refractivity contribution < 1.29 is 15.0 Å². The van der Waals surface area contributed by atoms with Crippen LogP contribution in [0.3, 0.4) is 0 Å². The molecule has 0 radical (unpaired) electrons. The molecule has 0 fully saturated rings. The van der Waals surface area contributed by atoms with E-state index in [0.29, 0.717) is 29.3 Å². The number of nitrogens with zero attached hydrogens (tertiary/aromatic N) is 4. The van der Waals surface area contributed by atoms with Crippen molar-refractivity contribution in [1.29, 1.82) is 0 Å². The van der Waals surface area contributed by atoms with Gasteiger partial charge in [-0.1, -0.05) is 24.3 Å². The highest BCUT2D eigenvalue weighted by atomic mass is 16.4. The number of carbonyl (C=O) groups is 1. The molecule has 2 aromatic heterocycles. The molecule has 0 saturated carbocycles.